The highest BCUT2D eigenvalue weighted by Gasteiger charge is 2.07. The summed E-state index contributed by atoms with van der Waals surface area (Å²) < 4.78 is 0. The fourth-order valence-corrected chi connectivity index (χ4v) is 1.48. The number of quaternary nitrogens is 1. The van der Waals surface area contributed by atoms with Crippen LogP contribution < -0.4 is 4.90 Å². The number of hydrogen-bond donors (Lipinski definition) is 1. The van der Waals surface area contributed by atoms with Crippen LogP contribution in [0.1, 0.15) is 52.4 Å². The van der Waals surface area contributed by atoms with E-state index in [0.29, 0.717) is 0 Å². The van der Waals surface area contributed by atoms with E-state index in [0.717, 1.165) is 0 Å². The van der Waals surface area contributed by atoms with Crippen molar-refractivity contribution in [1.29, 1.82) is 0 Å². The summed E-state index contributed by atoms with van der Waals surface area (Å²) in [5.41, 5.74) is 0. The third-order valence-corrected chi connectivity index (χ3v) is 2.41. The summed E-state index contributed by atoms with van der Waals surface area (Å²) >= 11 is 0. The third kappa shape index (κ3) is 8.06. The second-order valence-electron chi connectivity index (χ2n) is 3.87. The highest BCUT2D eigenvalue weighted by atomic mass is 15.1. The number of likely N-dealkylation sites (tertiary alicyclic amines) is 1. The molecule has 0 atom stereocenters. The van der Waals surface area contributed by atoms with Crippen LogP contribution in [0.3, 0.4) is 0 Å². The van der Waals surface area contributed by atoms with Crippen LogP contribution >= 0.6 is 0 Å². The first-order chi connectivity index (χ1) is 5.81. The Labute approximate surface area is 78.1 Å². The van der Waals surface area contributed by atoms with Gasteiger partial charge in [0.1, 0.15) is 0 Å². The fraction of sp³-hybridized carbons (Fsp3) is 1.00. The molecule has 1 heterocycles. The predicted molar refractivity (Wildman–Crippen MR) is 55.7 cm³/mol. The summed E-state index contributed by atoms with van der Waals surface area (Å²) in [6.07, 6.45) is 8.44. The minimum atomic E-state index is 1.36. The van der Waals surface area contributed by atoms with Crippen LogP contribution in [0.5, 0.6) is 0 Å². The average Bonchev–Trinajstić information content (AvgIpc) is 2.53. The molecule has 0 saturated carbocycles. The minimum absolute atomic E-state index is 1.36. The molecule has 0 aromatic heterocycles. The smallest absolute Gasteiger partial charge is 0.0771 e. The van der Waals surface area contributed by atoms with E-state index < -0.39 is 0 Å². The highest BCUT2D eigenvalue weighted by molar-refractivity contribution is 4.40. The van der Waals surface area contributed by atoms with E-state index in [2.05, 4.69) is 20.9 Å². The second-order valence-corrected chi connectivity index (χ2v) is 3.87. The third-order valence-electron chi connectivity index (χ3n) is 2.41. The molecule has 1 rings (SSSR count). The second kappa shape index (κ2) is 9.05. The Kier molecular flexibility index (Phi) is 9.02. The molecular weight excluding hydrogens is 146 g/mol. The predicted octanol–water partition coefficient (Wildman–Crippen LogP) is 1.88. The van der Waals surface area contributed by atoms with E-state index in [4.69, 9.17) is 0 Å². The fourth-order valence-electron chi connectivity index (χ4n) is 1.48. The minimum Gasteiger partial charge on any atom is -0.337 e. The van der Waals surface area contributed by atoms with Gasteiger partial charge in [0.15, 0.2) is 0 Å². The number of hydrogen-bond acceptors (Lipinski definition) is 0. The summed E-state index contributed by atoms with van der Waals surface area (Å²) in [6.45, 7) is 7.27. The lowest BCUT2D eigenvalue weighted by atomic mass is 10.2. The standard InChI is InChI=1S/C6H14.C5H11N/c1-3-5-6-4-2;1-6-4-2-3-5-6/h3-6H2,1-2H3;2-5H2,1H3/p+1. The maximum atomic E-state index is 2.26. The number of rotatable bonds is 3. The Morgan fingerprint density at radius 2 is 1.33 bits per heavy atom. The molecule has 1 N–H and O–H groups in total. The molecule has 1 aliphatic rings. The molecule has 0 aromatic carbocycles. The molecule has 12 heavy (non-hydrogen) atoms. The van der Waals surface area contributed by atoms with Crippen LogP contribution in [0.2, 0.25) is 0 Å². The maximum absolute atomic E-state index is 2.26. The largest absolute Gasteiger partial charge is 0.337 e. The van der Waals surface area contributed by atoms with Crippen molar-refractivity contribution in [2.75, 3.05) is 20.1 Å². The van der Waals surface area contributed by atoms with Crippen molar-refractivity contribution in [1.82, 2.24) is 0 Å². The van der Waals surface area contributed by atoms with Gasteiger partial charge in [-0.1, -0.05) is 39.5 Å². The molecule has 0 spiro atoms. The Hall–Kier alpha value is -0.0400. The molecule has 0 bridgehead atoms. The zero-order valence-corrected chi connectivity index (χ0v) is 9.16. The quantitative estimate of drug-likeness (QED) is 0.620. The van der Waals surface area contributed by atoms with Crippen LogP contribution in [0.25, 0.3) is 0 Å². The lowest BCUT2D eigenvalue weighted by Crippen LogP contribution is -3.06. The van der Waals surface area contributed by atoms with E-state index in [1.807, 2.05) is 0 Å². The van der Waals surface area contributed by atoms with Gasteiger partial charge in [-0.05, 0) is 0 Å². The topological polar surface area (TPSA) is 4.44 Å². The number of nitrogens with one attached hydrogen (secondary N) is 1. The average molecular weight is 172 g/mol. The van der Waals surface area contributed by atoms with Gasteiger partial charge in [0.2, 0.25) is 0 Å². The molecular formula is C11H26N+. The summed E-state index contributed by atoms with van der Waals surface area (Å²) in [5, 5.41) is 0. The van der Waals surface area contributed by atoms with E-state index >= 15 is 0 Å². The van der Waals surface area contributed by atoms with Gasteiger partial charge in [0.25, 0.3) is 0 Å². The van der Waals surface area contributed by atoms with Crippen molar-refractivity contribution < 1.29 is 4.90 Å². The zero-order valence-electron chi connectivity index (χ0n) is 9.16. The normalized spacial score (nSPS) is 17.2. The Balaban J connectivity index is 0.000000202. The van der Waals surface area contributed by atoms with Gasteiger partial charge in [0, 0.05) is 12.8 Å². The molecule has 0 radical (unpaired) electrons. The van der Waals surface area contributed by atoms with Crippen molar-refractivity contribution in [2.45, 2.75) is 52.4 Å². The van der Waals surface area contributed by atoms with Gasteiger partial charge in [0.05, 0.1) is 20.1 Å². The Morgan fingerprint density at radius 1 is 0.917 bits per heavy atom. The van der Waals surface area contributed by atoms with Crippen molar-refractivity contribution in [3.05, 3.63) is 0 Å². The molecule has 0 aromatic rings. The molecule has 0 aliphatic carbocycles. The van der Waals surface area contributed by atoms with Crippen molar-refractivity contribution >= 4 is 0 Å². The van der Waals surface area contributed by atoms with Gasteiger partial charge < -0.3 is 4.90 Å². The van der Waals surface area contributed by atoms with Gasteiger partial charge in [-0.15, -0.1) is 0 Å². The highest BCUT2D eigenvalue weighted by Crippen LogP contribution is 1.95. The number of unbranched alkanes of at least 4 members (excludes halogenated alkanes) is 3. The van der Waals surface area contributed by atoms with Crippen molar-refractivity contribution in [3.63, 3.8) is 0 Å². The molecule has 1 nitrogen and oxygen atoms in total. The summed E-state index contributed by atoms with van der Waals surface area (Å²) in [4.78, 5) is 1.70. The van der Waals surface area contributed by atoms with Gasteiger partial charge in [-0.2, -0.15) is 0 Å². The van der Waals surface area contributed by atoms with Gasteiger partial charge in [-0.3, -0.25) is 0 Å². The molecule has 1 fully saturated rings. The van der Waals surface area contributed by atoms with Crippen LogP contribution in [0, 0.1) is 0 Å². The molecule has 0 amide bonds. The van der Waals surface area contributed by atoms with Crippen LogP contribution in [-0.4, -0.2) is 20.1 Å². The van der Waals surface area contributed by atoms with E-state index in [9.17, 15) is 0 Å². The summed E-state index contributed by atoms with van der Waals surface area (Å²) in [7, 11) is 2.26. The van der Waals surface area contributed by atoms with E-state index in [-0.39, 0.29) is 0 Å². The molecule has 1 saturated heterocycles. The molecule has 74 valence electrons. The first kappa shape index (κ1) is 12.0. The van der Waals surface area contributed by atoms with Crippen molar-refractivity contribution in [3.8, 4) is 0 Å². The van der Waals surface area contributed by atoms with Gasteiger partial charge in [-0.25, -0.2) is 0 Å². The zero-order chi connectivity index (χ0) is 9.23. The molecule has 1 heteroatoms. The Bertz CT molecular complexity index is 71.1. The monoisotopic (exact) mass is 172 g/mol. The maximum Gasteiger partial charge on any atom is 0.0771 e. The van der Waals surface area contributed by atoms with Gasteiger partial charge >= 0.3 is 0 Å². The van der Waals surface area contributed by atoms with Crippen LogP contribution in [0.15, 0.2) is 0 Å². The van der Waals surface area contributed by atoms with Crippen molar-refractivity contribution in [2.24, 2.45) is 0 Å². The van der Waals surface area contributed by atoms with Crippen LogP contribution in [-0.2, 0) is 0 Å². The summed E-state index contributed by atoms with van der Waals surface area (Å²) in [5.74, 6) is 0. The molecule has 1 aliphatic heterocycles. The summed E-state index contributed by atoms with van der Waals surface area (Å²) in [6, 6.07) is 0. The first-order valence-electron chi connectivity index (χ1n) is 5.62. The van der Waals surface area contributed by atoms with E-state index in [1.165, 1.54) is 51.6 Å². The molecule has 0 unspecified atom stereocenters. The van der Waals surface area contributed by atoms with Crippen LogP contribution in [0.4, 0.5) is 0 Å². The first-order valence-corrected chi connectivity index (χ1v) is 5.62. The lowest BCUT2D eigenvalue weighted by Gasteiger charge is -1.98. The van der Waals surface area contributed by atoms with E-state index in [1.54, 1.807) is 4.90 Å². The Morgan fingerprint density at radius 3 is 1.50 bits per heavy atom. The SMILES string of the molecule is CCCCCC.C[NH+]1CCCC1. The lowest BCUT2D eigenvalue weighted by molar-refractivity contribution is -0.866.